The molecule has 0 saturated heterocycles. The van der Waals surface area contributed by atoms with Crippen LogP contribution >= 0.6 is 0 Å². The van der Waals surface area contributed by atoms with Crippen LogP contribution in [0.1, 0.15) is 26.3 Å². The number of pyridine rings is 1. The Morgan fingerprint density at radius 1 is 0.714 bits per heavy atom. The molecule has 3 aromatic carbocycles. The number of H-pyrrole nitrogens is 1. The van der Waals surface area contributed by atoms with E-state index in [-0.39, 0.29) is 22.5 Å². The van der Waals surface area contributed by atoms with Crippen molar-refractivity contribution in [1.82, 2.24) is 4.98 Å². The summed E-state index contributed by atoms with van der Waals surface area (Å²) >= 11 is 0. The van der Waals surface area contributed by atoms with Gasteiger partial charge in [0.1, 0.15) is 5.56 Å². The molecule has 0 fully saturated rings. The highest BCUT2D eigenvalue weighted by atomic mass is 19.4. The summed E-state index contributed by atoms with van der Waals surface area (Å²) in [5.74, 6) is -1.47. The van der Waals surface area contributed by atoms with Crippen molar-refractivity contribution in [3.63, 3.8) is 0 Å². The van der Waals surface area contributed by atoms with Crippen molar-refractivity contribution in [1.29, 1.82) is 0 Å². The molecule has 176 valence electrons. The molecule has 4 rings (SSSR count). The lowest BCUT2D eigenvalue weighted by Gasteiger charge is -2.13. The maximum atomic E-state index is 13.0. The molecule has 4 aromatic rings. The van der Waals surface area contributed by atoms with Crippen molar-refractivity contribution in [3.8, 4) is 11.3 Å². The van der Waals surface area contributed by atoms with Gasteiger partial charge in [0.05, 0.1) is 16.8 Å². The summed E-state index contributed by atoms with van der Waals surface area (Å²) in [7, 11) is 0. The van der Waals surface area contributed by atoms with Gasteiger partial charge in [0.25, 0.3) is 17.4 Å². The van der Waals surface area contributed by atoms with Gasteiger partial charge in [-0.05, 0) is 48.0 Å². The number of anilines is 2. The second-order valence-corrected chi connectivity index (χ2v) is 7.51. The van der Waals surface area contributed by atoms with Gasteiger partial charge in [-0.1, -0.05) is 48.5 Å². The van der Waals surface area contributed by atoms with E-state index in [0.29, 0.717) is 5.69 Å². The number of carbonyl (C=O) groups excluding carboxylic acids is 2. The van der Waals surface area contributed by atoms with Crippen LogP contribution in [0.5, 0.6) is 0 Å². The Labute approximate surface area is 197 Å². The summed E-state index contributed by atoms with van der Waals surface area (Å²) in [5, 5.41) is 4.93. The van der Waals surface area contributed by atoms with Crippen molar-refractivity contribution in [2.75, 3.05) is 10.6 Å². The molecular formula is C26H18F3N3O3. The molecule has 9 heteroatoms. The first-order valence-electron chi connectivity index (χ1n) is 10.4. The Morgan fingerprint density at radius 3 is 2.11 bits per heavy atom. The highest BCUT2D eigenvalue weighted by Gasteiger charge is 2.30. The first-order valence-corrected chi connectivity index (χ1v) is 10.4. The fraction of sp³-hybridized carbons (Fsp3) is 0.0385. The Bertz CT molecular complexity index is 1450. The van der Waals surface area contributed by atoms with Crippen molar-refractivity contribution in [3.05, 3.63) is 118 Å². The fourth-order valence-corrected chi connectivity index (χ4v) is 3.39. The third-order valence-electron chi connectivity index (χ3n) is 5.11. The number of hydrogen-bond acceptors (Lipinski definition) is 3. The summed E-state index contributed by atoms with van der Waals surface area (Å²) in [6.45, 7) is 0. The Kier molecular flexibility index (Phi) is 6.50. The molecule has 3 N–H and O–H groups in total. The van der Waals surface area contributed by atoms with Gasteiger partial charge in [0.15, 0.2) is 0 Å². The monoisotopic (exact) mass is 477 g/mol. The second-order valence-electron chi connectivity index (χ2n) is 7.51. The average Bonchev–Trinajstić information content (AvgIpc) is 2.84. The molecule has 0 unspecified atom stereocenters. The quantitative estimate of drug-likeness (QED) is 0.351. The lowest BCUT2D eigenvalue weighted by atomic mass is 10.1. The van der Waals surface area contributed by atoms with Crippen LogP contribution in [0.4, 0.5) is 24.5 Å². The number of aromatic amines is 1. The standard InChI is InChI=1S/C26H18F3N3O3/c27-26(28,29)17-9-6-10-18(15-17)30-23(33)19-11-4-5-12-22(19)32-25(35)20-13-14-21(31-24(20)34)16-7-2-1-3-8-16/h1-15H,(H,30,33)(H,31,34)(H,32,35). The maximum absolute atomic E-state index is 13.0. The van der Waals surface area contributed by atoms with Gasteiger partial charge in [-0.2, -0.15) is 13.2 Å². The first-order chi connectivity index (χ1) is 16.7. The van der Waals surface area contributed by atoms with Gasteiger partial charge in [0, 0.05) is 11.4 Å². The summed E-state index contributed by atoms with van der Waals surface area (Å²) in [6, 6.07) is 22.2. The molecule has 2 amide bonds. The van der Waals surface area contributed by atoms with E-state index in [9.17, 15) is 27.6 Å². The minimum Gasteiger partial charge on any atom is -0.322 e. The van der Waals surface area contributed by atoms with Gasteiger partial charge >= 0.3 is 6.18 Å². The summed E-state index contributed by atoms with van der Waals surface area (Å²) in [5.41, 5.74) is -0.341. The summed E-state index contributed by atoms with van der Waals surface area (Å²) in [4.78, 5) is 40.7. The van der Waals surface area contributed by atoms with Crippen LogP contribution in [0.15, 0.2) is 95.8 Å². The highest BCUT2D eigenvalue weighted by molar-refractivity contribution is 6.12. The molecule has 6 nitrogen and oxygen atoms in total. The number of alkyl halides is 3. The van der Waals surface area contributed by atoms with Crippen LogP contribution in [-0.4, -0.2) is 16.8 Å². The van der Waals surface area contributed by atoms with Crippen LogP contribution in [0, 0.1) is 0 Å². The van der Waals surface area contributed by atoms with Crippen LogP contribution in [0.25, 0.3) is 11.3 Å². The molecule has 0 aliphatic rings. The third kappa shape index (κ3) is 5.47. The molecule has 0 bridgehead atoms. The summed E-state index contributed by atoms with van der Waals surface area (Å²) in [6.07, 6.45) is -4.56. The zero-order chi connectivity index (χ0) is 25.0. The van der Waals surface area contributed by atoms with E-state index < -0.39 is 29.1 Å². The third-order valence-corrected chi connectivity index (χ3v) is 5.11. The van der Waals surface area contributed by atoms with Gasteiger partial charge in [-0.25, -0.2) is 0 Å². The second kappa shape index (κ2) is 9.68. The smallest absolute Gasteiger partial charge is 0.322 e. The molecule has 0 aliphatic heterocycles. The SMILES string of the molecule is O=C(Nc1cccc(C(F)(F)F)c1)c1ccccc1NC(=O)c1ccc(-c2ccccc2)[nH]c1=O. The number of halogens is 3. The van der Waals surface area contributed by atoms with E-state index in [1.54, 1.807) is 12.1 Å². The van der Waals surface area contributed by atoms with E-state index in [1.807, 2.05) is 30.3 Å². The lowest BCUT2D eigenvalue weighted by molar-refractivity contribution is -0.137. The van der Waals surface area contributed by atoms with E-state index in [2.05, 4.69) is 15.6 Å². The topological polar surface area (TPSA) is 91.1 Å². The molecule has 1 heterocycles. The van der Waals surface area contributed by atoms with Crippen LogP contribution < -0.4 is 16.2 Å². The Balaban J connectivity index is 1.54. The van der Waals surface area contributed by atoms with Gasteiger partial charge < -0.3 is 15.6 Å². The van der Waals surface area contributed by atoms with Crippen molar-refractivity contribution < 1.29 is 22.8 Å². The Morgan fingerprint density at radius 2 is 1.40 bits per heavy atom. The molecule has 0 atom stereocenters. The number of nitrogens with one attached hydrogen (secondary N) is 3. The predicted octanol–water partition coefficient (Wildman–Crippen LogP) is 5.57. The highest BCUT2D eigenvalue weighted by Crippen LogP contribution is 2.31. The molecule has 0 saturated carbocycles. The van der Waals surface area contributed by atoms with E-state index in [4.69, 9.17) is 0 Å². The van der Waals surface area contributed by atoms with E-state index >= 15 is 0 Å². The summed E-state index contributed by atoms with van der Waals surface area (Å²) < 4.78 is 38.9. The Hall–Kier alpha value is -4.66. The normalized spacial score (nSPS) is 11.1. The zero-order valence-electron chi connectivity index (χ0n) is 18.0. The average molecular weight is 477 g/mol. The first kappa shape index (κ1) is 23.5. The zero-order valence-corrected chi connectivity index (χ0v) is 18.0. The minimum atomic E-state index is -4.56. The largest absolute Gasteiger partial charge is 0.416 e. The number of para-hydroxylation sites is 1. The number of rotatable bonds is 5. The molecule has 0 radical (unpaired) electrons. The van der Waals surface area contributed by atoms with Crippen molar-refractivity contribution in [2.24, 2.45) is 0 Å². The van der Waals surface area contributed by atoms with Crippen molar-refractivity contribution in [2.45, 2.75) is 6.18 Å². The molecule has 0 aliphatic carbocycles. The number of aromatic nitrogens is 1. The van der Waals surface area contributed by atoms with Gasteiger partial charge in [0.2, 0.25) is 0 Å². The predicted molar refractivity (Wildman–Crippen MR) is 126 cm³/mol. The van der Waals surface area contributed by atoms with Gasteiger partial charge in [-0.3, -0.25) is 14.4 Å². The fourth-order valence-electron chi connectivity index (χ4n) is 3.39. The molecule has 35 heavy (non-hydrogen) atoms. The number of amides is 2. The molecule has 1 aromatic heterocycles. The van der Waals surface area contributed by atoms with Gasteiger partial charge in [-0.15, -0.1) is 0 Å². The molecular weight excluding hydrogens is 459 g/mol. The number of carbonyl (C=O) groups is 2. The minimum absolute atomic E-state index is 0.00981. The van der Waals surface area contributed by atoms with Crippen LogP contribution in [-0.2, 0) is 6.18 Å². The maximum Gasteiger partial charge on any atom is 0.416 e. The molecule has 0 spiro atoms. The van der Waals surface area contributed by atoms with E-state index in [1.165, 1.54) is 36.4 Å². The van der Waals surface area contributed by atoms with Crippen molar-refractivity contribution >= 4 is 23.2 Å². The number of benzene rings is 3. The number of hydrogen-bond donors (Lipinski definition) is 3. The van der Waals surface area contributed by atoms with Crippen LogP contribution in [0.3, 0.4) is 0 Å². The van der Waals surface area contributed by atoms with E-state index in [0.717, 1.165) is 17.7 Å². The lowest BCUT2D eigenvalue weighted by Crippen LogP contribution is -2.24. The van der Waals surface area contributed by atoms with Crippen LogP contribution in [0.2, 0.25) is 0 Å².